The Morgan fingerprint density at radius 2 is 1.90 bits per heavy atom. The van der Waals surface area contributed by atoms with Gasteiger partial charge in [-0.05, 0) is 18.2 Å². The van der Waals surface area contributed by atoms with E-state index in [2.05, 4.69) is 5.32 Å². The molecule has 1 atom stereocenters. The van der Waals surface area contributed by atoms with E-state index in [1.165, 1.54) is 0 Å². The van der Waals surface area contributed by atoms with Crippen molar-refractivity contribution in [3.05, 3.63) is 58.6 Å². The molecule has 0 saturated heterocycles. The summed E-state index contributed by atoms with van der Waals surface area (Å²) in [6, 6.07) is 12.4. The summed E-state index contributed by atoms with van der Waals surface area (Å²) in [5, 5.41) is 3.21. The van der Waals surface area contributed by atoms with E-state index in [-0.39, 0.29) is 5.91 Å². The van der Waals surface area contributed by atoms with Crippen LogP contribution in [0.2, 0.25) is 5.02 Å². The average Bonchev–Trinajstić information content (AvgIpc) is 2.72. The van der Waals surface area contributed by atoms with Gasteiger partial charge in [-0.2, -0.15) is 0 Å². The van der Waals surface area contributed by atoms with Gasteiger partial charge in [0, 0.05) is 21.8 Å². The summed E-state index contributed by atoms with van der Waals surface area (Å²) < 4.78 is 5.32. The number of carbonyl (C=O) groups is 1. The second kappa shape index (κ2) is 4.69. The van der Waals surface area contributed by atoms with Gasteiger partial charge in [-0.25, -0.2) is 0 Å². The third-order valence-electron chi connectivity index (χ3n) is 3.40. The number of rotatable bonds is 2. The standard InChI is InChI=1S/C15H11Cl2NO2/c1-20-12-8-3-2-5-9(12)15(17)13-10(16)6-4-7-11(13)18-14(15)19/h2-8H,1H3,(H,18,19). The summed E-state index contributed by atoms with van der Waals surface area (Å²) >= 11 is 12.9. The van der Waals surface area contributed by atoms with Crippen molar-refractivity contribution >= 4 is 34.8 Å². The number of para-hydroxylation sites is 1. The summed E-state index contributed by atoms with van der Waals surface area (Å²) in [4.78, 5) is 11.0. The van der Waals surface area contributed by atoms with Crippen molar-refractivity contribution in [1.82, 2.24) is 0 Å². The summed E-state index contributed by atoms with van der Waals surface area (Å²) in [6.45, 7) is 0. The Morgan fingerprint density at radius 3 is 2.65 bits per heavy atom. The summed E-state index contributed by atoms with van der Waals surface area (Å²) in [5.41, 5.74) is 1.77. The smallest absolute Gasteiger partial charge is 0.255 e. The molecule has 0 radical (unpaired) electrons. The van der Waals surface area contributed by atoms with Crippen LogP contribution >= 0.6 is 23.2 Å². The predicted octanol–water partition coefficient (Wildman–Crippen LogP) is 3.78. The van der Waals surface area contributed by atoms with Gasteiger partial charge in [-0.1, -0.05) is 47.5 Å². The van der Waals surface area contributed by atoms with Gasteiger partial charge in [-0.3, -0.25) is 4.79 Å². The zero-order valence-electron chi connectivity index (χ0n) is 10.6. The van der Waals surface area contributed by atoms with Crippen molar-refractivity contribution in [3.8, 4) is 5.75 Å². The third kappa shape index (κ3) is 1.70. The highest BCUT2D eigenvalue weighted by Gasteiger charge is 2.49. The van der Waals surface area contributed by atoms with E-state index in [1.54, 1.807) is 37.4 Å². The quantitative estimate of drug-likeness (QED) is 0.857. The lowest BCUT2D eigenvalue weighted by molar-refractivity contribution is -0.117. The van der Waals surface area contributed by atoms with E-state index in [0.717, 1.165) is 0 Å². The molecule has 20 heavy (non-hydrogen) atoms. The molecule has 0 aromatic heterocycles. The van der Waals surface area contributed by atoms with Crippen LogP contribution in [0, 0.1) is 0 Å². The number of halogens is 2. The Labute approximate surface area is 126 Å². The van der Waals surface area contributed by atoms with Crippen LogP contribution in [0.1, 0.15) is 11.1 Å². The van der Waals surface area contributed by atoms with Crippen LogP contribution in [-0.2, 0) is 9.67 Å². The van der Waals surface area contributed by atoms with E-state index in [4.69, 9.17) is 27.9 Å². The maximum Gasteiger partial charge on any atom is 0.255 e. The highest BCUT2D eigenvalue weighted by molar-refractivity contribution is 6.44. The average molecular weight is 308 g/mol. The second-order valence-corrected chi connectivity index (χ2v) is 5.45. The fourth-order valence-corrected chi connectivity index (χ4v) is 3.26. The summed E-state index contributed by atoms with van der Waals surface area (Å²) in [6.07, 6.45) is 0. The van der Waals surface area contributed by atoms with Gasteiger partial charge in [0.25, 0.3) is 5.91 Å². The SMILES string of the molecule is COc1ccccc1C1(Cl)C(=O)Nc2cccc(Cl)c21. The Balaban J connectivity index is 2.30. The second-order valence-electron chi connectivity index (χ2n) is 4.48. The number of nitrogens with one attached hydrogen (secondary N) is 1. The van der Waals surface area contributed by atoms with Crippen LogP contribution < -0.4 is 10.1 Å². The van der Waals surface area contributed by atoms with Gasteiger partial charge in [-0.15, -0.1) is 0 Å². The molecule has 1 aliphatic heterocycles. The number of hydrogen-bond donors (Lipinski definition) is 1. The van der Waals surface area contributed by atoms with Gasteiger partial charge in [0.2, 0.25) is 0 Å². The van der Waals surface area contributed by atoms with E-state index in [1.807, 2.05) is 12.1 Å². The molecule has 1 heterocycles. The third-order valence-corrected chi connectivity index (χ3v) is 4.28. The molecule has 3 rings (SSSR count). The number of alkyl halides is 1. The van der Waals surface area contributed by atoms with Crippen LogP contribution in [-0.4, -0.2) is 13.0 Å². The molecule has 1 amide bonds. The van der Waals surface area contributed by atoms with E-state index >= 15 is 0 Å². The normalized spacial score (nSPS) is 20.4. The zero-order chi connectivity index (χ0) is 14.3. The van der Waals surface area contributed by atoms with Crippen molar-refractivity contribution in [3.63, 3.8) is 0 Å². The molecule has 1 aliphatic rings. The molecule has 0 saturated carbocycles. The van der Waals surface area contributed by atoms with Crippen molar-refractivity contribution in [2.45, 2.75) is 4.87 Å². The number of benzene rings is 2. The molecular formula is C15H11Cl2NO2. The number of amides is 1. The fraction of sp³-hybridized carbons (Fsp3) is 0.133. The highest BCUT2D eigenvalue weighted by atomic mass is 35.5. The number of methoxy groups -OCH3 is 1. The topological polar surface area (TPSA) is 38.3 Å². The van der Waals surface area contributed by atoms with E-state index in [0.29, 0.717) is 27.6 Å². The molecule has 0 fully saturated rings. The molecule has 102 valence electrons. The monoisotopic (exact) mass is 307 g/mol. The molecule has 5 heteroatoms. The first-order chi connectivity index (χ1) is 9.59. The van der Waals surface area contributed by atoms with Crippen molar-refractivity contribution in [2.24, 2.45) is 0 Å². The van der Waals surface area contributed by atoms with Gasteiger partial charge in [0.05, 0.1) is 7.11 Å². The molecule has 2 aromatic rings. The van der Waals surface area contributed by atoms with E-state index < -0.39 is 4.87 Å². The van der Waals surface area contributed by atoms with Crippen LogP contribution in [0.3, 0.4) is 0 Å². The molecule has 0 aliphatic carbocycles. The summed E-state index contributed by atoms with van der Waals surface area (Å²) in [7, 11) is 1.54. The number of anilines is 1. The number of carbonyl (C=O) groups excluding carboxylic acids is 1. The maximum absolute atomic E-state index is 12.4. The Hall–Kier alpha value is -1.71. The molecule has 0 bridgehead atoms. The lowest BCUT2D eigenvalue weighted by Gasteiger charge is -2.23. The van der Waals surface area contributed by atoms with Crippen LogP contribution in [0.4, 0.5) is 5.69 Å². The van der Waals surface area contributed by atoms with Crippen LogP contribution in [0.5, 0.6) is 5.75 Å². The first-order valence-electron chi connectivity index (χ1n) is 6.02. The maximum atomic E-state index is 12.4. The molecule has 0 spiro atoms. The Kier molecular flexibility index (Phi) is 3.11. The highest BCUT2D eigenvalue weighted by Crippen LogP contribution is 2.51. The molecular weight excluding hydrogens is 297 g/mol. The van der Waals surface area contributed by atoms with Gasteiger partial charge in [0.1, 0.15) is 5.75 Å². The fourth-order valence-electron chi connectivity index (χ4n) is 2.49. The lowest BCUT2D eigenvalue weighted by atomic mass is 9.90. The summed E-state index contributed by atoms with van der Waals surface area (Å²) in [5.74, 6) is 0.220. The van der Waals surface area contributed by atoms with Crippen molar-refractivity contribution in [1.29, 1.82) is 0 Å². The molecule has 1 unspecified atom stereocenters. The molecule has 1 N–H and O–H groups in total. The lowest BCUT2D eigenvalue weighted by Crippen LogP contribution is -2.30. The molecule has 3 nitrogen and oxygen atoms in total. The van der Waals surface area contributed by atoms with Crippen LogP contribution in [0.15, 0.2) is 42.5 Å². The number of ether oxygens (including phenoxy) is 1. The minimum atomic E-state index is -1.37. The predicted molar refractivity (Wildman–Crippen MR) is 79.7 cm³/mol. The first-order valence-corrected chi connectivity index (χ1v) is 6.77. The minimum absolute atomic E-state index is 0.327. The molecule has 2 aromatic carbocycles. The number of fused-ring (bicyclic) bond motifs is 1. The van der Waals surface area contributed by atoms with Crippen molar-refractivity contribution in [2.75, 3.05) is 12.4 Å². The van der Waals surface area contributed by atoms with Crippen LogP contribution in [0.25, 0.3) is 0 Å². The largest absolute Gasteiger partial charge is 0.496 e. The van der Waals surface area contributed by atoms with Gasteiger partial charge < -0.3 is 10.1 Å². The van der Waals surface area contributed by atoms with Crippen molar-refractivity contribution < 1.29 is 9.53 Å². The zero-order valence-corrected chi connectivity index (χ0v) is 12.1. The Morgan fingerprint density at radius 1 is 1.15 bits per heavy atom. The number of hydrogen-bond acceptors (Lipinski definition) is 2. The van der Waals surface area contributed by atoms with Gasteiger partial charge in [0.15, 0.2) is 4.87 Å². The van der Waals surface area contributed by atoms with E-state index in [9.17, 15) is 4.79 Å². The first kappa shape index (κ1) is 13.3. The minimum Gasteiger partial charge on any atom is -0.496 e. The van der Waals surface area contributed by atoms with Gasteiger partial charge >= 0.3 is 0 Å². The Bertz CT molecular complexity index is 702.